The first-order valence-electron chi connectivity index (χ1n) is 15.4. The van der Waals surface area contributed by atoms with Crippen LogP contribution in [0.4, 0.5) is 0 Å². The molecule has 6 rings (SSSR count). The van der Waals surface area contributed by atoms with Gasteiger partial charge in [-0.3, -0.25) is 9.36 Å². The number of nitrogens with zero attached hydrogens (tertiary/aromatic N) is 2. The van der Waals surface area contributed by atoms with Crippen LogP contribution in [0, 0.1) is 5.92 Å². The highest BCUT2D eigenvalue weighted by atomic mass is 35.5. The number of aromatic nitrogens is 1. The summed E-state index contributed by atoms with van der Waals surface area (Å²) in [5.74, 6) is 3.26. The summed E-state index contributed by atoms with van der Waals surface area (Å²) in [6, 6.07) is 14.6. The highest BCUT2D eigenvalue weighted by Crippen LogP contribution is 2.48. The normalized spacial score (nSPS) is 18.2. The summed E-state index contributed by atoms with van der Waals surface area (Å²) >= 11 is 7.50. The molecule has 1 aromatic heterocycles. The molecule has 4 aromatic rings. The van der Waals surface area contributed by atoms with Gasteiger partial charge in [0.05, 0.1) is 58.9 Å². The summed E-state index contributed by atoms with van der Waals surface area (Å²) < 4.78 is 36.3. The molecule has 9 nitrogen and oxygen atoms in total. The van der Waals surface area contributed by atoms with Crippen molar-refractivity contribution >= 4 is 35.1 Å². The number of hydrogen-bond acceptors (Lipinski definition) is 9. The molecule has 3 aromatic carbocycles. The SMILES string of the molecule is COc1cc(/C=C2\CCC(C)C3=C2N=c2s/c(=C\c4ccc(Cl)cc4)c(=O)n2C3c2cc(OC)c(OC)c(OC)c2)cc(OC)c1OC. The summed E-state index contributed by atoms with van der Waals surface area (Å²) in [7, 11) is 9.54. The van der Waals surface area contributed by atoms with E-state index in [2.05, 4.69) is 13.0 Å². The van der Waals surface area contributed by atoms with Crippen LogP contribution >= 0.6 is 22.9 Å². The molecule has 2 heterocycles. The number of ether oxygens (including phenoxy) is 6. The maximum absolute atomic E-state index is 14.3. The third kappa shape index (κ3) is 5.95. The minimum absolute atomic E-state index is 0.119. The van der Waals surface area contributed by atoms with Gasteiger partial charge in [-0.1, -0.05) is 42.0 Å². The summed E-state index contributed by atoms with van der Waals surface area (Å²) in [5.41, 5.74) is 5.39. The van der Waals surface area contributed by atoms with Crippen molar-refractivity contribution in [3.05, 3.63) is 107 Å². The van der Waals surface area contributed by atoms with Crippen LogP contribution in [0.3, 0.4) is 0 Å². The molecule has 48 heavy (non-hydrogen) atoms. The van der Waals surface area contributed by atoms with Gasteiger partial charge in [0.25, 0.3) is 5.56 Å². The maximum Gasteiger partial charge on any atom is 0.271 e. The van der Waals surface area contributed by atoms with E-state index in [-0.39, 0.29) is 11.5 Å². The molecular weight excluding hydrogens is 652 g/mol. The molecule has 0 amide bonds. The average molecular weight is 689 g/mol. The van der Waals surface area contributed by atoms with Crippen molar-refractivity contribution in [3.8, 4) is 34.5 Å². The van der Waals surface area contributed by atoms with Crippen LogP contribution in [0.2, 0.25) is 5.02 Å². The molecule has 0 fully saturated rings. The molecule has 250 valence electrons. The zero-order valence-corrected chi connectivity index (χ0v) is 29.5. The summed E-state index contributed by atoms with van der Waals surface area (Å²) in [4.78, 5) is 20.2. The smallest absolute Gasteiger partial charge is 0.271 e. The largest absolute Gasteiger partial charge is 0.493 e. The van der Waals surface area contributed by atoms with Gasteiger partial charge in [-0.25, -0.2) is 4.99 Å². The Hall–Kier alpha value is -4.67. The van der Waals surface area contributed by atoms with E-state index in [0.717, 1.165) is 46.4 Å². The number of allylic oxidation sites excluding steroid dienone is 2. The first-order chi connectivity index (χ1) is 23.2. The van der Waals surface area contributed by atoms with E-state index in [4.69, 9.17) is 45.0 Å². The van der Waals surface area contributed by atoms with Crippen molar-refractivity contribution in [2.24, 2.45) is 10.9 Å². The van der Waals surface area contributed by atoms with E-state index in [1.807, 2.05) is 54.6 Å². The van der Waals surface area contributed by atoms with Crippen molar-refractivity contribution < 1.29 is 28.4 Å². The number of thiazole rings is 1. The number of rotatable bonds is 9. The minimum Gasteiger partial charge on any atom is -0.493 e. The zero-order valence-electron chi connectivity index (χ0n) is 27.9. The highest BCUT2D eigenvalue weighted by molar-refractivity contribution is 7.07. The van der Waals surface area contributed by atoms with Crippen molar-refractivity contribution in [2.45, 2.75) is 25.8 Å². The van der Waals surface area contributed by atoms with E-state index in [1.165, 1.54) is 11.3 Å². The van der Waals surface area contributed by atoms with Gasteiger partial charge in [0.1, 0.15) is 0 Å². The van der Waals surface area contributed by atoms with Gasteiger partial charge in [-0.15, -0.1) is 0 Å². The van der Waals surface area contributed by atoms with Gasteiger partial charge in [0.15, 0.2) is 27.8 Å². The molecule has 2 unspecified atom stereocenters. The molecule has 0 saturated carbocycles. The van der Waals surface area contributed by atoms with Crippen LogP contribution < -0.4 is 43.3 Å². The fourth-order valence-electron chi connectivity index (χ4n) is 6.45. The van der Waals surface area contributed by atoms with E-state index >= 15 is 0 Å². The summed E-state index contributed by atoms with van der Waals surface area (Å²) in [6.45, 7) is 2.19. The molecule has 0 radical (unpaired) electrons. The average Bonchev–Trinajstić information content (AvgIpc) is 3.42. The predicted octanol–water partition coefficient (Wildman–Crippen LogP) is 6.43. The van der Waals surface area contributed by atoms with Crippen LogP contribution in [-0.4, -0.2) is 47.2 Å². The van der Waals surface area contributed by atoms with Crippen LogP contribution in [0.5, 0.6) is 34.5 Å². The topological polar surface area (TPSA) is 89.7 Å². The van der Waals surface area contributed by atoms with Gasteiger partial charge < -0.3 is 28.4 Å². The lowest BCUT2D eigenvalue weighted by Gasteiger charge is -2.35. The molecule has 1 aliphatic heterocycles. The van der Waals surface area contributed by atoms with Gasteiger partial charge >= 0.3 is 0 Å². The molecule has 1 aliphatic carbocycles. The Balaban J connectivity index is 1.64. The number of benzene rings is 3. The van der Waals surface area contributed by atoms with Gasteiger partial charge in [0.2, 0.25) is 11.5 Å². The Bertz CT molecular complexity index is 2060. The van der Waals surface area contributed by atoms with Crippen molar-refractivity contribution in [3.63, 3.8) is 0 Å². The molecular formula is C37H37ClN2O7S. The molecule has 0 bridgehead atoms. The van der Waals surface area contributed by atoms with Crippen LogP contribution in [0.15, 0.2) is 75.2 Å². The summed E-state index contributed by atoms with van der Waals surface area (Å²) in [5, 5.41) is 0.629. The first kappa shape index (κ1) is 33.2. The van der Waals surface area contributed by atoms with Crippen molar-refractivity contribution in [1.82, 2.24) is 4.57 Å². The van der Waals surface area contributed by atoms with Crippen LogP contribution in [-0.2, 0) is 0 Å². The summed E-state index contributed by atoms with van der Waals surface area (Å²) in [6.07, 6.45) is 5.65. The van der Waals surface area contributed by atoms with E-state index < -0.39 is 6.04 Å². The second-order valence-corrected chi connectivity index (χ2v) is 12.9. The van der Waals surface area contributed by atoms with Gasteiger partial charge in [-0.2, -0.15) is 0 Å². The zero-order chi connectivity index (χ0) is 34.1. The Kier molecular flexibility index (Phi) is 9.57. The fourth-order valence-corrected chi connectivity index (χ4v) is 7.58. The van der Waals surface area contributed by atoms with Crippen molar-refractivity contribution in [1.29, 1.82) is 0 Å². The molecule has 11 heteroatoms. The Morgan fingerprint density at radius 1 is 0.792 bits per heavy atom. The van der Waals surface area contributed by atoms with Crippen molar-refractivity contribution in [2.75, 3.05) is 42.7 Å². The molecule has 2 atom stereocenters. The lowest BCUT2D eigenvalue weighted by molar-refractivity contribution is 0.323. The molecule has 0 saturated heterocycles. The number of fused-ring (bicyclic) bond motifs is 1. The number of hydrogen-bond donors (Lipinski definition) is 0. The van der Waals surface area contributed by atoms with Crippen LogP contribution in [0.25, 0.3) is 12.2 Å². The number of methoxy groups -OCH3 is 6. The Labute approximate surface area is 287 Å². The lowest BCUT2D eigenvalue weighted by Crippen LogP contribution is -2.40. The first-order valence-corrected chi connectivity index (χ1v) is 16.6. The third-order valence-electron chi connectivity index (χ3n) is 8.75. The second kappa shape index (κ2) is 13.8. The van der Waals surface area contributed by atoms with Gasteiger partial charge in [-0.05, 0) is 95.1 Å². The standard InChI is InChI=1S/C37H37ClN2O7S/c1-20-8-11-23(14-22-15-26(42-2)34(46-6)27(16-22)43-3)32-31(20)33(24-18-28(44-4)35(47-7)29(19-24)45-5)40-36(41)30(48-37(40)39-32)17-21-9-12-25(38)13-10-21/h9-10,12-20,33H,8,11H2,1-7H3/b23-14+,30-17-. The number of halogens is 1. The fraction of sp³-hybridized carbons (Fsp3) is 0.297. The molecule has 2 aliphatic rings. The highest BCUT2D eigenvalue weighted by Gasteiger charge is 2.37. The second-order valence-electron chi connectivity index (χ2n) is 11.5. The van der Waals surface area contributed by atoms with Gasteiger partial charge in [0, 0.05) is 5.02 Å². The third-order valence-corrected chi connectivity index (χ3v) is 9.99. The predicted molar refractivity (Wildman–Crippen MR) is 188 cm³/mol. The van der Waals surface area contributed by atoms with E-state index in [9.17, 15) is 4.79 Å². The minimum atomic E-state index is -0.476. The quantitative estimate of drug-likeness (QED) is 0.200. The van der Waals surface area contributed by atoms with E-state index in [0.29, 0.717) is 48.9 Å². The Morgan fingerprint density at radius 3 is 1.90 bits per heavy atom. The maximum atomic E-state index is 14.3. The van der Waals surface area contributed by atoms with Crippen LogP contribution in [0.1, 0.15) is 42.5 Å². The Morgan fingerprint density at radius 2 is 1.35 bits per heavy atom. The molecule has 0 spiro atoms. The molecule has 0 N–H and O–H groups in total. The lowest BCUT2D eigenvalue weighted by atomic mass is 9.77. The van der Waals surface area contributed by atoms with E-state index in [1.54, 1.807) is 47.2 Å². The monoisotopic (exact) mass is 688 g/mol.